The zero-order valence-corrected chi connectivity index (χ0v) is 9.48. The Hall–Kier alpha value is -2.14. The van der Waals surface area contributed by atoms with Crippen LogP contribution in [0.1, 0.15) is 5.56 Å². The number of amides is 1. The molecular weight excluding hydrogens is 240 g/mol. The van der Waals surface area contributed by atoms with E-state index in [0.717, 1.165) is 5.56 Å². The molecule has 0 saturated carbocycles. The number of nitrogens with zero attached hydrogens (tertiary/aromatic N) is 2. The van der Waals surface area contributed by atoms with Crippen molar-refractivity contribution in [3.05, 3.63) is 47.3 Å². The van der Waals surface area contributed by atoms with Gasteiger partial charge in [-0.2, -0.15) is 10.1 Å². The summed E-state index contributed by atoms with van der Waals surface area (Å²) in [6.45, 7) is 0. The van der Waals surface area contributed by atoms with Crippen LogP contribution in [0.2, 0.25) is 5.02 Å². The SMILES string of the molecule is O=C(C=Cc1cccc(Cl)c1)Nc1ncn[nH]1. The molecule has 0 radical (unpaired) electrons. The summed E-state index contributed by atoms with van der Waals surface area (Å²) in [6.07, 6.45) is 4.38. The van der Waals surface area contributed by atoms with Crippen molar-refractivity contribution in [3.63, 3.8) is 0 Å². The molecule has 0 atom stereocenters. The van der Waals surface area contributed by atoms with E-state index in [2.05, 4.69) is 20.5 Å². The number of H-pyrrole nitrogens is 1. The molecule has 2 rings (SSSR count). The first-order chi connectivity index (χ1) is 8.24. The number of anilines is 1. The molecule has 5 nitrogen and oxygen atoms in total. The number of rotatable bonds is 3. The summed E-state index contributed by atoms with van der Waals surface area (Å²) >= 11 is 5.82. The number of nitrogens with one attached hydrogen (secondary N) is 2. The molecule has 2 aromatic rings. The second-order valence-electron chi connectivity index (χ2n) is 3.21. The highest BCUT2D eigenvalue weighted by Gasteiger charge is 1.99. The van der Waals surface area contributed by atoms with Gasteiger partial charge in [-0.3, -0.25) is 10.1 Å². The van der Waals surface area contributed by atoms with Crippen LogP contribution in [-0.2, 0) is 4.79 Å². The van der Waals surface area contributed by atoms with Gasteiger partial charge < -0.3 is 0 Å². The van der Waals surface area contributed by atoms with E-state index in [0.29, 0.717) is 11.0 Å². The highest BCUT2D eigenvalue weighted by molar-refractivity contribution is 6.30. The first kappa shape index (κ1) is 11.3. The van der Waals surface area contributed by atoms with Crippen molar-refractivity contribution in [3.8, 4) is 0 Å². The second-order valence-corrected chi connectivity index (χ2v) is 3.65. The average molecular weight is 249 g/mol. The van der Waals surface area contributed by atoms with Gasteiger partial charge in [0.15, 0.2) is 0 Å². The number of hydrogen-bond donors (Lipinski definition) is 2. The van der Waals surface area contributed by atoms with Gasteiger partial charge in [0.05, 0.1) is 0 Å². The van der Waals surface area contributed by atoms with Gasteiger partial charge in [-0.05, 0) is 23.8 Å². The minimum atomic E-state index is -0.290. The Morgan fingerprint density at radius 2 is 2.35 bits per heavy atom. The molecule has 0 bridgehead atoms. The lowest BCUT2D eigenvalue weighted by Crippen LogP contribution is -2.08. The third kappa shape index (κ3) is 3.42. The van der Waals surface area contributed by atoms with E-state index in [1.54, 1.807) is 18.2 Å². The Bertz CT molecular complexity index is 536. The minimum Gasteiger partial charge on any atom is -0.291 e. The van der Waals surface area contributed by atoms with Gasteiger partial charge in [0.2, 0.25) is 5.95 Å². The molecule has 0 saturated heterocycles. The maximum absolute atomic E-state index is 11.4. The van der Waals surface area contributed by atoms with Crippen LogP contribution in [0.3, 0.4) is 0 Å². The Kier molecular flexibility index (Phi) is 3.52. The van der Waals surface area contributed by atoms with Crippen molar-refractivity contribution in [2.24, 2.45) is 0 Å². The summed E-state index contributed by atoms with van der Waals surface area (Å²) in [6, 6.07) is 7.20. The maximum atomic E-state index is 11.4. The molecule has 0 unspecified atom stereocenters. The van der Waals surface area contributed by atoms with Crippen LogP contribution in [0.4, 0.5) is 5.95 Å². The number of benzene rings is 1. The first-order valence-electron chi connectivity index (χ1n) is 4.84. The van der Waals surface area contributed by atoms with Gasteiger partial charge >= 0.3 is 0 Å². The van der Waals surface area contributed by atoms with Gasteiger partial charge in [-0.25, -0.2) is 5.10 Å². The van der Waals surface area contributed by atoms with Crippen LogP contribution in [0, 0.1) is 0 Å². The van der Waals surface area contributed by atoms with Crippen molar-refractivity contribution in [2.45, 2.75) is 0 Å². The normalized spacial score (nSPS) is 10.6. The van der Waals surface area contributed by atoms with E-state index in [-0.39, 0.29) is 5.91 Å². The fraction of sp³-hybridized carbons (Fsp3) is 0. The van der Waals surface area contributed by atoms with Gasteiger partial charge in [-0.1, -0.05) is 23.7 Å². The van der Waals surface area contributed by atoms with Gasteiger partial charge in [0, 0.05) is 11.1 Å². The molecule has 0 aliphatic carbocycles. The molecule has 1 amide bonds. The lowest BCUT2D eigenvalue weighted by atomic mass is 10.2. The Morgan fingerprint density at radius 1 is 1.47 bits per heavy atom. The van der Waals surface area contributed by atoms with Crippen LogP contribution >= 0.6 is 11.6 Å². The molecular formula is C11H9ClN4O. The van der Waals surface area contributed by atoms with Crippen molar-refractivity contribution in [2.75, 3.05) is 5.32 Å². The Morgan fingerprint density at radius 3 is 3.06 bits per heavy atom. The fourth-order valence-corrected chi connectivity index (χ4v) is 1.40. The number of halogens is 1. The smallest absolute Gasteiger partial charge is 0.250 e. The maximum Gasteiger partial charge on any atom is 0.250 e. The highest BCUT2D eigenvalue weighted by Crippen LogP contribution is 2.11. The second kappa shape index (κ2) is 5.27. The van der Waals surface area contributed by atoms with Gasteiger partial charge in [-0.15, -0.1) is 0 Å². The molecule has 1 heterocycles. The fourth-order valence-electron chi connectivity index (χ4n) is 1.21. The predicted octanol–water partition coefficient (Wildman–Crippen LogP) is 2.11. The third-order valence-electron chi connectivity index (χ3n) is 1.93. The van der Waals surface area contributed by atoms with Crippen molar-refractivity contribution in [1.82, 2.24) is 15.2 Å². The van der Waals surface area contributed by atoms with Gasteiger partial charge in [0.1, 0.15) is 6.33 Å². The lowest BCUT2D eigenvalue weighted by molar-refractivity contribution is -0.111. The zero-order chi connectivity index (χ0) is 12.1. The molecule has 0 aliphatic rings. The van der Waals surface area contributed by atoms with E-state index in [1.807, 2.05) is 12.1 Å². The molecule has 86 valence electrons. The van der Waals surface area contributed by atoms with Crippen LogP contribution in [-0.4, -0.2) is 21.1 Å². The third-order valence-corrected chi connectivity index (χ3v) is 2.17. The minimum absolute atomic E-state index is 0.290. The summed E-state index contributed by atoms with van der Waals surface area (Å²) in [5.41, 5.74) is 0.852. The summed E-state index contributed by atoms with van der Waals surface area (Å²) in [7, 11) is 0. The number of aromatic nitrogens is 3. The van der Waals surface area contributed by atoms with Crippen molar-refractivity contribution >= 4 is 29.5 Å². The average Bonchev–Trinajstić information content (AvgIpc) is 2.79. The largest absolute Gasteiger partial charge is 0.291 e. The quantitative estimate of drug-likeness (QED) is 0.818. The highest BCUT2D eigenvalue weighted by atomic mass is 35.5. The number of hydrogen-bond acceptors (Lipinski definition) is 3. The van der Waals surface area contributed by atoms with E-state index in [1.165, 1.54) is 12.4 Å². The van der Waals surface area contributed by atoms with Crippen LogP contribution in [0.15, 0.2) is 36.7 Å². The predicted molar refractivity (Wildman–Crippen MR) is 65.5 cm³/mol. The molecule has 0 fully saturated rings. The summed E-state index contributed by atoms with van der Waals surface area (Å²) in [4.78, 5) is 15.2. The molecule has 17 heavy (non-hydrogen) atoms. The topological polar surface area (TPSA) is 70.7 Å². The molecule has 6 heteroatoms. The van der Waals surface area contributed by atoms with Crippen molar-refractivity contribution < 1.29 is 4.79 Å². The molecule has 0 aliphatic heterocycles. The monoisotopic (exact) mass is 248 g/mol. The Balaban J connectivity index is 1.99. The molecule has 2 N–H and O–H groups in total. The zero-order valence-electron chi connectivity index (χ0n) is 8.72. The summed E-state index contributed by atoms with van der Waals surface area (Å²) in [5, 5.41) is 9.29. The number of carbonyl (C=O) groups is 1. The van der Waals surface area contributed by atoms with E-state index in [9.17, 15) is 4.79 Å². The van der Waals surface area contributed by atoms with Crippen molar-refractivity contribution in [1.29, 1.82) is 0 Å². The molecule has 0 spiro atoms. The van der Waals surface area contributed by atoms with E-state index >= 15 is 0 Å². The first-order valence-corrected chi connectivity index (χ1v) is 5.22. The van der Waals surface area contributed by atoms with Crippen LogP contribution in [0.25, 0.3) is 6.08 Å². The van der Waals surface area contributed by atoms with E-state index < -0.39 is 0 Å². The van der Waals surface area contributed by atoms with Gasteiger partial charge in [0.25, 0.3) is 5.91 Å². The number of aromatic amines is 1. The molecule has 1 aromatic heterocycles. The standard InChI is InChI=1S/C11H9ClN4O/c12-9-3-1-2-8(6-9)4-5-10(17)15-11-13-7-14-16-11/h1-7H,(H2,13,14,15,16,17). The lowest BCUT2D eigenvalue weighted by Gasteiger charge is -1.96. The Labute approximate surface area is 103 Å². The number of carbonyl (C=O) groups excluding carboxylic acids is 1. The van der Waals surface area contributed by atoms with Crippen LogP contribution in [0.5, 0.6) is 0 Å². The van der Waals surface area contributed by atoms with E-state index in [4.69, 9.17) is 11.6 Å². The summed E-state index contributed by atoms with van der Waals surface area (Å²) < 4.78 is 0. The van der Waals surface area contributed by atoms with Crippen LogP contribution < -0.4 is 5.32 Å². The molecule has 1 aromatic carbocycles. The summed E-state index contributed by atoms with van der Waals surface area (Å²) in [5.74, 6) is 0.0208.